The van der Waals surface area contributed by atoms with Gasteiger partial charge in [0.25, 0.3) is 0 Å². The van der Waals surface area contributed by atoms with Crippen molar-refractivity contribution >= 4 is 11.9 Å². The van der Waals surface area contributed by atoms with Crippen LogP contribution in [0.2, 0.25) is 0 Å². The van der Waals surface area contributed by atoms with Gasteiger partial charge in [-0.05, 0) is 43.9 Å². The number of ether oxygens (including phenoxy) is 1. The van der Waals surface area contributed by atoms with E-state index in [0.29, 0.717) is 24.7 Å². The lowest BCUT2D eigenvalue weighted by atomic mass is 9.71. The molecular formula is C16H25NO3. The topological polar surface area (TPSA) is 46.6 Å². The molecule has 1 aliphatic carbocycles. The lowest BCUT2D eigenvalue weighted by Gasteiger charge is -2.44. The van der Waals surface area contributed by atoms with Crippen LogP contribution in [0.1, 0.15) is 51.4 Å². The lowest BCUT2D eigenvalue weighted by Crippen LogP contribution is -2.46. The van der Waals surface area contributed by atoms with Crippen molar-refractivity contribution in [1.29, 1.82) is 0 Å². The molecule has 0 bridgehead atoms. The number of piperidine rings is 1. The fourth-order valence-corrected chi connectivity index (χ4v) is 3.38. The number of carbonyl (C=O) groups is 2. The molecule has 1 atom stereocenters. The van der Waals surface area contributed by atoms with Gasteiger partial charge in [-0.3, -0.25) is 9.59 Å². The fraction of sp³-hybridized carbons (Fsp3) is 0.750. The Morgan fingerprint density at radius 3 is 2.80 bits per heavy atom. The summed E-state index contributed by atoms with van der Waals surface area (Å²) in [5.74, 6) is -0.0344. The number of hydrogen-bond donors (Lipinski definition) is 0. The molecule has 1 amide bonds. The summed E-state index contributed by atoms with van der Waals surface area (Å²) in [5.41, 5.74) is 0.324. The molecule has 2 rings (SSSR count). The first-order chi connectivity index (χ1) is 9.65. The highest BCUT2D eigenvalue weighted by atomic mass is 16.5. The van der Waals surface area contributed by atoms with E-state index in [1.807, 2.05) is 4.90 Å². The Morgan fingerprint density at radius 2 is 2.10 bits per heavy atom. The number of methoxy groups -OCH3 is 1. The third-order valence-corrected chi connectivity index (χ3v) is 4.57. The van der Waals surface area contributed by atoms with Gasteiger partial charge in [0.05, 0.1) is 7.11 Å². The van der Waals surface area contributed by atoms with Crippen molar-refractivity contribution in [3.05, 3.63) is 12.2 Å². The first kappa shape index (κ1) is 15.1. The van der Waals surface area contributed by atoms with E-state index < -0.39 is 0 Å². The molecule has 0 aromatic heterocycles. The number of amides is 1. The Morgan fingerprint density at radius 1 is 1.25 bits per heavy atom. The van der Waals surface area contributed by atoms with Crippen molar-refractivity contribution in [2.24, 2.45) is 5.41 Å². The summed E-state index contributed by atoms with van der Waals surface area (Å²) in [7, 11) is 1.38. The Labute approximate surface area is 121 Å². The zero-order chi connectivity index (χ0) is 14.4. The van der Waals surface area contributed by atoms with Crippen LogP contribution in [0.25, 0.3) is 0 Å². The van der Waals surface area contributed by atoms with Crippen LogP contribution in [0, 0.1) is 5.41 Å². The summed E-state index contributed by atoms with van der Waals surface area (Å²) in [6, 6.07) is 0. The average Bonchev–Trinajstić information content (AvgIpc) is 2.47. The Kier molecular flexibility index (Phi) is 5.21. The molecule has 112 valence electrons. The van der Waals surface area contributed by atoms with E-state index in [1.54, 1.807) is 0 Å². The van der Waals surface area contributed by atoms with Crippen LogP contribution in [0.5, 0.6) is 0 Å². The minimum Gasteiger partial charge on any atom is -0.469 e. The van der Waals surface area contributed by atoms with Crippen LogP contribution in [0.15, 0.2) is 12.2 Å². The summed E-state index contributed by atoms with van der Waals surface area (Å²) >= 11 is 0. The normalized spacial score (nSPS) is 25.8. The van der Waals surface area contributed by atoms with Crippen molar-refractivity contribution in [2.45, 2.75) is 51.4 Å². The van der Waals surface area contributed by atoms with E-state index in [0.717, 1.165) is 32.4 Å². The number of esters is 1. The van der Waals surface area contributed by atoms with Gasteiger partial charge in [0.2, 0.25) is 5.91 Å². The largest absolute Gasteiger partial charge is 0.469 e. The number of hydrogen-bond acceptors (Lipinski definition) is 3. The third kappa shape index (κ3) is 3.84. The summed E-state index contributed by atoms with van der Waals surface area (Å²) in [6.45, 7) is 1.77. The number of carbonyl (C=O) groups excluding carboxylic acids is 2. The molecule has 1 aliphatic heterocycles. The summed E-state index contributed by atoms with van der Waals surface area (Å²) < 4.78 is 4.60. The Hall–Kier alpha value is -1.32. The molecule has 1 saturated heterocycles. The van der Waals surface area contributed by atoms with Gasteiger partial charge in [0, 0.05) is 25.9 Å². The second kappa shape index (κ2) is 6.91. The van der Waals surface area contributed by atoms with Gasteiger partial charge in [-0.25, -0.2) is 0 Å². The van der Waals surface area contributed by atoms with Crippen molar-refractivity contribution in [3.63, 3.8) is 0 Å². The average molecular weight is 279 g/mol. The van der Waals surface area contributed by atoms with Gasteiger partial charge >= 0.3 is 5.97 Å². The molecule has 0 aromatic rings. The van der Waals surface area contributed by atoms with E-state index in [4.69, 9.17) is 0 Å². The first-order valence-electron chi connectivity index (χ1n) is 7.65. The third-order valence-electron chi connectivity index (χ3n) is 4.57. The number of allylic oxidation sites excluding steroid dienone is 2. The maximum atomic E-state index is 12.2. The van der Waals surface area contributed by atoms with Crippen LogP contribution < -0.4 is 0 Å². The molecular weight excluding hydrogens is 254 g/mol. The van der Waals surface area contributed by atoms with E-state index >= 15 is 0 Å². The maximum Gasteiger partial charge on any atom is 0.305 e. The predicted octanol–water partition coefficient (Wildman–Crippen LogP) is 2.68. The van der Waals surface area contributed by atoms with Gasteiger partial charge in [0.1, 0.15) is 0 Å². The predicted molar refractivity (Wildman–Crippen MR) is 77.1 cm³/mol. The van der Waals surface area contributed by atoms with E-state index in [1.165, 1.54) is 20.0 Å². The minimum atomic E-state index is -0.231. The first-order valence-corrected chi connectivity index (χ1v) is 7.65. The second-order valence-electron chi connectivity index (χ2n) is 6.06. The van der Waals surface area contributed by atoms with Crippen molar-refractivity contribution in [3.8, 4) is 0 Å². The molecule has 1 fully saturated rings. The molecule has 0 radical (unpaired) electrons. The summed E-state index contributed by atoms with van der Waals surface area (Å²) in [6.07, 6.45) is 11.7. The highest BCUT2D eigenvalue weighted by molar-refractivity contribution is 5.77. The second-order valence-corrected chi connectivity index (χ2v) is 6.06. The minimum absolute atomic E-state index is 0.197. The molecule has 2 aliphatic rings. The van der Waals surface area contributed by atoms with Gasteiger partial charge in [-0.15, -0.1) is 0 Å². The molecule has 1 spiro atoms. The lowest BCUT2D eigenvalue weighted by molar-refractivity contribution is -0.141. The van der Waals surface area contributed by atoms with Crippen molar-refractivity contribution < 1.29 is 14.3 Å². The number of nitrogens with zero attached hydrogens (tertiary/aromatic N) is 1. The van der Waals surface area contributed by atoms with Crippen LogP contribution >= 0.6 is 0 Å². The SMILES string of the molecule is COC(=O)CCCC(=O)N1CCC[C@]2(CC=CCC2)C1. The van der Waals surface area contributed by atoms with Crippen LogP contribution in [0.4, 0.5) is 0 Å². The Balaban J connectivity index is 1.81. The summed E-state index contributed by atoms with van der Waals surface area (Å²) in [5, 5.41) is 0. The van der Waals surface area contributed by atoms with E-state index in [2.05, 4.69) is 16.9 Å². The van der Waals surface area contributed by atoms with E-state index in [9.17, 15) is 9.59 Å². The van der Waals surface area contributed by atoms with Gasteiger partial charge in [-0.2, -0.15) is 0 Å². The Bertz CT molecular complexity index is 391. The van der Waals surface area contributed by atoms with Crippen LogP contribution in [0.3, 0.4) is 0 Å². The zero-order valence-corrected chi connectivity index (χ0v) is 12.4. The zero-order valence-electron chi connectivity index (χ0n) is 12.4. The molecule has 1 heterocycles. The van der Waals surface area contributed by atoms with Crippen LogP contribution in [-0.4, -0.2) is 37.0 Å². The molecule has 4 nitrogen and oxygen atoms in total. The van der Waals surface area contributed by atoms with Crippen molar-refractivity contribution in [1.82, 2.24) is 4.90 Å². The molecule has 20 heavy (non-hydrogen) atoms. The van der Waals surface area contributed by atoms with Crippen LogP contribution in [-0.2, 0) is 14.3 Å². The quantitative estimate of drug-likeness (QED) is 0.587. The van der Waals surface area contributed by atoms with E-state index in [-0.39, 0.29) is 11.9 Å². The smallest absolute Gasteiger partial charge is 0.305 e. The highest BCUT2D eigenvalue weighted by Gasteiger charge is 2.36. The van der Waals surface area contributed by atoms with Gasteiger partial charge < -0.3 is 9.64 Å². The molecule has 0 aromatic carbocycles. The molecule has 0 saturated carbocycles. The van der Waals surface area contributed by atoms with Crippen molar-refractivity contribution in [2.75, 3.05) is 20.2 Å². The number of rotatable bonds is 4. The summed E-state index contributed by atoms with van der Waals surface area (Å²) in [4.78, 5) is 25.3. The van der Waals surface area contributed by atoms with Gasteiger partial charge in [0.15, 0.2) is 0 Å². The van der Waals surface area contributed by atoms with Gasteiger partial charge in [-0.1, -0.05) is 12.2 Å². The molecule has 0 unspecified atom stereocenters. The number of likely N-dealkylation sites (tertiary alicyclic amines) is 1. The molecule has 4 heteroatoms. The monoisotopic (exact) mass is 279 g/mol. The maximum absolute atomic E-state index is 12.2. The highest BCUT2D eigenvalue weighted by Crippen LogP contribution is 2.40. The molecule has 0 N–H and O–H groups in total. The standard InChI is InChI=1S/C16H25NO3/c1-20-15(19)8-5-7-14(18)17-12-6-11-16(13-17)9-3-2-4-10-16/h2-3H,4-13H2,1H3/t16-/m1/s1. The fourth-order valence-electron chi connectivity index (χ4n) is 3.38.